The highest BCUT2D eigenvalue weighted by Crippen LogP contribution is 2.08. The Balaban J connectivity index is 2.41. The number of halogens is 1. The summed E-state index contributed by atoms with van der Waals surface area (Å²) in [4.78, 5) is 11.7. The van der Waals surface area contributed by atoms with Gasteiger partial charge in [-0.1, -0.05) is 29.8 Å². The smallest absolute Gasteiger partial charge is 0.224 e. The van der Waals surface area contributed by atoms with Gasteiger partial charge in [0.15, 0.2) is 0 Å². The van der Waals surface area contributed by atoms with Gasteiger partial charge in [0, 0.05) is 11.4 Å². The predicted molar refractivity (Wildman–Crippen MR) is 68.6 cm³/mol. The third-order valence-corrected chi connectivity index (χ3v) is 3.69. The molecule has 2 nitrogen and oxygen atoms in total. The zero-order chi connectivity index (χ0) is 11.3. The molecular weight excluding hydrogens is 274 g/mol. The lowest BCUT2D eigenvalue weighted by Gasteiger charge is -2.19. The fourth-order valence-electron chi connectivity index (χ4n) is 1.22. The third-order valence-electron chi connectivity index (χ3n) is 2.26. The van der Waals surface area contributed by atoms with Crippen molar-refractivity contribution < 1.29 is 4.79 Å². The lowest BCUT2D eigenvalue weighted by molar-refractivity contribution is -0.121. The van der Waals surface area contributed by atoms with Gasteiger partial charge in [0.05, 0.1) is 6.42 Å². The number of nitrogens with one attached hydrogen (secondary N) is 1. The molecule has 0 saturated carbocycles. The Morgan fingerprint density at radius 3 is 2.80 bits per heavy atom. The van der Waals surface area contributed by atoms with Crippen LogP contribution in [0.25, 0.3) is 0 Å². The summed E-state index contributed by atoms with van der Waals surface area (Å²) in [6, 6.07) is 2.21. The minimum absolute atomic E-state index is 0.103. The molecule has 84 valence electrons. The van der Waals surface area contributed by atoms with Crippen molar-refractivity contribution >= 4 is 33.2 Å². The maximum atomic E-state index is 11.7. The Kier molecular flexibility index (Phi) is 5.32. The van der Waals surface area contributed by atoms with Crippen LogP contribution >= 0.6 is 27.3 Å². The maximum absolute atomic E-state index is 11.7. The van der Waals surface area contributed by atoms with Crippen molar-refractivity contribution in [3.63, 3.8) is 0 Å². The van der Waals surface area contributed by atoms with Gasteiger partial charge in [-0.2, -0.15) is 11.3 Å². The Bertz CT molecular complexity index is 298. The molecule has 1 N–H and O–H groups in total. The second kappa shape index (κ2) is 6.28. The molecule has 0 aromatic carbocycles. The lowest BCUT2D eigenvalue weighted by Crippen LogP contribution is -2.40. The van der Waals surface area contributed by atoms with E-state index in [9.17, 15) is 4.79 Å². The van der Waals surface area contributed by atoms with Gasteiger partial charge in [-0.3, -0.25) is 4.79 Å². The standard InChI is InChI=1S/C11H16BrNOS/c1-8(2)10(6-12)13-11(14)5-9-3-4-15-7-9/h3-4,7-8,10H,5-6H2,1-2H3,(H,13,14). The maximum Gasteiger partial charge on any atom is 0.224 e. The van der Waals surface area contributed by atoms with E-state index in [0.717, 1.165) is 10.9 Å². The number of hydrogen-bond donors (Lipinski definition) is 1. The first-order chi connectivity index (χ1) is 7.13. The fourth-order valence-corrected chi connectivity index (χ4v) is 2.80. The first-order valence-corrected chi connectivity index (χ1v) is 7.06. The first-order valence-electron chi connectivity index (χ1n) is 5.00. The molecule has 0 spiro atoms. The molecule has 0 aliphatic carbocycles. The second-order valence-corrected chi connectivity index (χ2v) is 5.31. The summed E-state index contributed by atoms with van der Waals surface area (Å²) in [7, 11) is 0. The Labute approximate surface area is 103 Å². The molecule has 1 rings (SSSR count). The summed E-state index contributed by atoms with van der Waals surface area (Å²) >= 11 is 5.03. The van der Waals surface area contributed by atoms with Crippen LogP contribution < -0.4 is 5.32 Å². The van der Waals surface area contributed by atoms with Crippen molar-refractivity contribution in [2.24, 2.45) is 5.92 Å². The van der Waals surface area contributed by atoms with E-state index in [1.807, 2.05) is 16.8 Å². The molecule has 1 heterocycles. The van der Waals surface area contributed by atoms with Gasteiger partial charge in [-0.05, 0) is 28.3 Å². The van der Waals surface area contributed by atoms with Crippen molar-refractivity contribution in [3.8, 4) is 0 Å². The Morgan fingerprint density at radius 2 is 2.33 bits per heavy atom. The van der Waals surface area contributed by atoms with E-state index >= 15 is 0 Å². The summed E-state index contributed by atoms with van der Waals surface area (Å²) in [5.74, 6) is 0.558. The molecule has 1 aromatic rings. The molecule has 1 amide bonds. The number of carbonyl (C=O) groups excluding carboxylic acids is 1. The highest BCUT2D eigenvalue weighted by Gasteiger charge is 2.14. The summed E-state index contributed by atoms with van der Waals surface area (Å²) < 4.78 is 0. The zero-order valence-electron chi connectivity index (χ0n) is 9.00. The van der Waals surface area contributed by atoms with Crippen LogP contribution in [0.4, 0.5) is 0 Å². The number of amides is 1. The van der Waals surface area contributed by atoms with Gasteiger partial charge in [0.25, 0.3) is 0 Å². The van der Waals surface area contributed by atoms with E-state index in [-0.39, 0.29) is 11.9 Å². The normalized spacial score (nSPS) is 12.8. The van der Waals surface area contributed by atoms with Gasteiger partial charge in [-0.25, -0.2) is 0 Å². The van der Waals surface area contributed by atoms with Crippen LogP contribution in [0, 0.1) is 5.92 Å². The van der Waals surface area contributed by atoms with Crippen molar-refractivity contribution in [2.45, 2.75) is 26.3 Å². The average Bonchev–Trinajstić information content (AvgIpc) is 2.66. The van der Waals surface area contributed by atoms with Gasteiger partial charge in [-0.15, -0.1) is 0 Å². The van der Waals surface area contributed by atoms with Crippen LogP contribution in [-0.2, 0) is 11.2 Å². The second-order valence-electron chi connectivity index (χ2n) is 3.88. The van der Waals surface area contributed by atoms with E-state index in [1.54, 1.807) is 11.3 Å². The molecule has 4 heteroatoms. The molecule has 1 atom stereocenters. The van der Waals surface area contributed by atoms with E-state index in [4.69, 9.17) is 0 Å². The van der Waals surface area contributed by atoms with Crippen molar-refractivity contribution in [2.75, 3.05) is 5.33 Å². The van der Waals surface area contributed by atoms with Crippen molar-refractivity contribution in [3.05, 3.63) is 22.4 Å². The number of hydrogen-bond acceptors (Lipinski definition) is 2. The Morgan fingerprint density at radius 1 is 1.60 bits per heavy atom. The van der Waals surface area contributed by atoms with Crippen LogP contribution in [0.3, 0.4) is 0 Å². The zero-order valence-corrected chi connectivity index (χ0v) is 11.4. The van der Waals surface area contributed by atoms with Crippen LogP contribution in [0.15, 0.2) is 16.8 Å². The summed E-state index contributed by atoms with van der Waals surface area (Å²) in [5, 5.41) is 7.83. The van der Waals surface area contributed by atoms with Crippen LogP contribution in [0.5, 0.6) is 0 Å². The minimum atomic E-state index is 0.103. The van der Waals surface area contributed by atoms with Crippen LogP contribution in [-0.4, -0.2) is 17.3 Å². The monoisotopic (exact) mass is 289 g/mol. The minimum Gasteiger partial charge on any atom is -0.352 e. The molecule has 0 bridgehead atoms. The SMILES string of the molecule is CC(C)C(CBr)NC(=O)Cc1ccsc1. The topological polar surface area (TPSA) is 29.1 Å². The summed E-state index contributed by atoms with van der Waals surface area (Å²) in [6.45, 7) is 4.22. The van der Waals surface area contributed by atoms with E-state index in [1.165, 1.54) is 0 Å². The number of thiophene rings is 1. The number of carbonyl (C=O) groups is 1. The number of rotatable bonds is 5. The molecule has 0 radical (unpaired) electrons. The molecule has 0 aliphatic heterocycles. The van der Waals surface area contributed by atoms with E-state index in [0.29, 0.717) is 12.3 Å². The Hall–Kier alpha value is -0.350. The number of alkyl halides is 1. The molecule has 1 aromatic heterocycles. The molecular formula is C11H16BrNOS. The van der Waals surface area contributed by atoms with Gasteiger partial charge >= 0.3 is 0 Å². The van der Waals surface area contributed by atoms with Gasteiger partial charge in [0.2, 0.25) is 5.91 Å². The van der Waals surface area contributed by atoms with Crippen LogP contribution in [0.1, 0.15) is 19.4 Å². The lowest BCUT2D eigenvalue weighted by atomic mass is 10.1. The van der Waals surface area contributed by atoms with Gasteiger partial charge in [0.1, 0.15) is 0 Å². The van der Waals surface area contributed by atoms with E-state index < -0.39 is 0 Å². The summed E-state index contributed by atoms with van der Waals surface area (Å²) in [6.07, 6.45) is 0.486. The molecule has 0 aliphatic rings. The molecule has 0 fully saturated rings. The van der Waals surface area contributed by atoms with Crippen LogP contribution in [0.2, 0.25) is 0 Å². The average molecular weight is 290 g/mol. The highest BCUT2D eigenvalue weighted by atomic mass is 79.9. The third kappa shape index (κ3) is 4.34. The van der Waals surface area contributed by atoms with Crippen molar-refractivity contribution in [1.29, 1.82) is 0 Å². The van der Waals surface area contributed by atoms with E-state index in [2.05, 4.69) is 35.1 Å². The van der Waals surface area contributed by atoms with Gasteiger partial charge < -0.3 is 5.32 Å². The molecule has 0 saturated heterocycles. The largest absolute Gasteiger partial charge is 0.352 e. The fraction of sp³-hybridized carbons (Fsp3) is 0.545. The predicted octanol–water partition coefficient (Wildman–Crippen LogP) is 2.83. The quantitative estimate of drug-likeness (QED) is 0.830. The molecule has 15 heavy (non-hydrogen) atoms. The first kappa shape index (κ1) is 12.7. The highest BCUT2D eigenvalue weighted by molar-refractivity contribution is 9.09. The van der Waals surface area contributed by atoms with Crippen molar-refractivity contribution in [1.82, 2.24) is 5.32 Å². The summed E-state index contributed by atoms with van der Waals surface area (Å²) in [5.41, 5.74) is 1.09. The molecule has 1 unspecified atom stereocenters.